The Morgan fingerprint density at radius 2 is 1.51 bits per heavy atom. The van der Waals surface area contributed by atoms with Crippen molar-refractivity contribution in [2.24, 2.45) is 0 Å². The molecule has 0 saturated carbocycles. The van der Waals surface area contributed by atoms with Gasteiger partial charge in [0, 0.05) is 6.07 Å². The van der Waals surface area contributed by atoms with Crippen molar-refractivity contribution in [2.45, 2.75) is 26.3 Å². The number of aromatic nitrogens is 2. The number of nitrogens with one attached hydrogen (secondary N) is 1. The average molecular weight is 476 g/mol. The van der Waals surface area contributed by atoms with E-state index in [0.29, 0.717) is 35.2 Å². The van der Waals surface area contributed by atoms with Gasteiger partial charge in [-0.3, -0.25) is 0 Å². The van der Waals surface area contributed by atoms with Crippen molar-refractivity contribution in [3.05, 3.63) is 105 Å². The lowest BCUT2D eigenvalue weighted by molar-refractivity contribution is 0.0499. The van der Waals surface area contributed by atoms with Gasteiger partial charge in [-0.05, 0) is 60.5 Å². The molecule has 1 aromatic heterocycles. The first-order chi connectivity index (χ1) is 17.0. The fourth-order valence-corrected chi connectivity index (χ4v) is 3.17. The summed E-state index contributed by atoms with van der Waals surface area (Å²) in [5.74, 6) is 1.15. The zero-order valence-corrected chi connectivity index (χ0v) is 19.1. The molecule has 1 N–H and O–H groups in total. The van der Waals surface area contributed by atoms with E-state index in [1.807, 2.05) is 11.9 Å². The van der Waals surface area contributed by atoms with Crippen molar-refractivity contribution < 1.29 is 23.5 Å². The third-order valence-corrected chi connectivity index (χ3v) is 4.98. The normalized spacial score (nSPS) is 10.7. The van der Waals surface area contributed by atoms with E-state index in [1.54, 1.807) is 72.8 Å². The highest BCUT2D eigenvalue weighted by Gasteiger charge is 2.08. The molecular formula is C26H24N2O7. The van der Waals surface area contributed by atoms with Crippen LogP contribution in [-0.2, 0) is 11.3 Å². The number of carbonyl (C=O) groups is 1. The van der Waals surface area contributed by atoms with Crippen LogP contribution in [0.5, 0.6) is 23.0 Å². The molecule has 0 spiro atoms. The first kappa shape index (κ1) is 23.6. The number of aromatic amines is 1. The Labute approximate surface area is 200 Å². The van der Waals surface area contributed by atoms with E-state index < -0.39 is 11.4 Å². The Hall–Kier alpha value is -4.53. The molecule has 0 atom stereocenters. The second kappa shape index (κ2) is 11.1. The predicted molar refractivity (Wildman–Crippen MR) is 127 cm³/mol. The Bertz CT molecular complexity index is 1380. The van der Waals surface area contributed by atoms with Crippen LogP contribution in [0.3, 0.4) is 0 Å². The van der Waals surface area contributed by atoms with Gasteiger partial charge in [-0.15, -0.1) is 4.74 Å². The van der Waals surface area contributed by atoms with E-state index in [2.05, 4.69) is 0 Å². The number of rotatable bonds is 10. The predicted octanol–water partition coefficient (Wildman–Crippen LogP) is 4.72. The van der Waals surface area contributed by atoms with E-state index in [0.717, 1.165) is 23.1 Å². The van der Waals surface area contributed by atoms with Crippen molar-refractivity contribution in [1.29, 1.82) is 0 Å². The van der Waals surface area contributed by atoms with E-state index in [1.165, 1.54) is 0 Å². The quantitative estimate of drug-likeness (QED) is 0.260. The molecule has 0 bridgehead atoms. The third kappa shape index (κ3) is 6.50. The minimum absolute atomic E-state index is 0.121. The summed E-state index contributed by atoms with van der Waals surface area (Å²) in [5, 5.41) is 0. The summed E-state index contributed by atoms with van der Waals surface area (Å²) >= 11 is 0. The van der Waals surface area contributed by atoms with Gasteiger partial charge in [0.15, 0.2) is 0 Å². The molecule has 1 heterocycles. The van der Waals surface area contributed by atoms with Crippen molar-refractivity contribution in [3.63, 3.8) is 0 Å². The van der Waals surface area contributed by atoms with Crippen LogP contribution in [0.25, 0.3) is 0 Å². The van der Waals surface area contributed by atoms with Crippen LogP contribution in [0, 0.1) is 0 Å². The zero-order chi connectivity index (χ0) is 24.6. The average Bonchev–Trinajstić information content (AvgIpc) is 3.17. The van der Waals surface area contributed by atoms with Crippen molar-refractivity contribution in [2.75, 3.05) is 6.61 Å². The van der Waals surface area contributed by atoms with Crippen molar-refractivity contribution >= 4 is 5.97 Å². The van der Waals surface area contributed by atoms with Crippen LogP contribution >= 0.6 is 0 Å². The highest BCUT2D eigenvalue weighted by atomic mass is 16.5. The molecule has 0 saturated heterocycles. The maximum atomic E-state index is 12.0. The van der Waals surface area contributed by atoms with Gasteiger partial charge in [-0.1, -0.05) is 31.5 Å². The summed E-state index contributed by atoms with van der Waals surface area (Å²) in [5.41, 5.74) is 0.628. The molecule has 4 rings (SSSR count). The summed E-state index contributed by atoms with van der Waals surface area (Å²) in [4.78, 5) is 36.7. The van der Waals surface area contributed by atoms with Crippen LogP contribution in [0.4, 0.5) is 0 Å². The number of benzene rings is 3. The van der Waals surface area contributed by atoms with Gasteiger partial charge in [0.05, 0.1) is 18.7 Å². The molecule has 3 aromatic carbocycles. The maximum absolute atomic E-state index is 12.0. The molecule has 9 nitrogen and oxygen atoms in total. The van der Waals surface area contributed by atoms with Gasteiger partial charge in [0.1, 0.15) is 23.0 Å². The van der Waals surface area contributed by atoms with Gasteiger partial charge >= 0.3 is 17.4 Å². The summed E-state index contributed by atoms with van der Waals surface area (Å²) < 4.78 is 22.7. The van der Waals surface area contributed by atoms with Gasteiger partial charge in [-0.25, -0.2) is 19.4 Å². The van der Waals surface area contributed by atoms with E-state index >= 15 is 0 Å². The Balaban J connectivity index is 1.36. The molecule has 9 heteroatoms. The lowest BCUT2D eigenvalue weighted by Crippen LogP contribution is -2.17. The monoisotopic (exact) mass is 476 g/mol. The van der Waals surface area contributed by atoms with Crippen molar-refractivity contribution in [3.8, 4) is 23.0 Å². The molecule has 0 radical (unpaired) electrons. The molecule has 0 aliphatic rings. The lowest BCUT2D eigenvalue weighted by atomic mass is 10.2. The van der Waals surface area contributed by atoms with Gasteiger partial charge in [-0.2, -0.15) is 0 Å². The van der Waals surface area contributed by atoms with Gasteiger partial charge in [0.25, 0.3) is 0 Å². The number of hydrogen-bond acceptors (Lipinski definition) is 7. The van der Waals surface area contributed by atoms with Crippen LogP contribution < -0.4 is 20.9 Å². The van der Waals surface area contributed by atoms with E-state index in [9.17, 15) is 14.4 Å². The summed E-state index contributed by atoms with van der Waals surface area (Å²) in [7, 11) is 0. The minimum atomic E-state index is -0.794. The number of unbranched alkanes of at least 4 members (excludes halogenated alkanes) is 1. The second-order valence-electron chi connectivity index (χ2n) is 7.68. The molecule has 0 aliphatic carbocycles. The first-order valence-electron chi connectivity index (χ1n) is 11.1. The fourth-order valence-electron chi connectivity index (χ4n) is 3.17. The number of H-pyrrole nitrogens is 1. The zero-order valence-electron chi connectivity index (χ0n) is 19.1. The summed E-state index contributed by atoms with van der Waals surface area (Å²) in [6.07, 6.45) is 1.80. The molecule has 0 unspecified atom stereocenters. The van der Waals surface area contributed by atoms with Crippen LogP contribution in [0.2, 0.25) is 0 Å². The summed E-state index contributed by atoms with van der Waals surface area (Å²) in [6.45, 7) is 2.57. The van der Waals surface area contributed by atoms with Crippen molar-refractivity contribution in [1.82, 2.24) is 9.72 Å². The van der Waals surface area contributed by atoms with Crippen LogP contribution in [0.15, 0.2) is 86.9 Å². The van der Waals surface area contributed by atoms with Gasteiger partial charge < -0.3 is 18.7 Å². The molecule has 0 aliphatic heterocycles. The number of nitrogens with zero attached hydrogens (tertiary/aromatic N) is 1. The Morgan fingerprint density at radius 3 is 2.09 bits per heavy atom. The number of ether oxygens (including phenoxy) is 3. The minimum Gasteiger partial charge on any atom is -0.462 e. The first-order valence-corrected chi connectivity index (χ1v) is 11.1. The molecular weight excluding hydrogens is 452 g/mol. The van der Waals surface area contributed by atoms with Gasteiger partial charge in [0.2, 0.25) is 0 Å². The lowest BCUT2D eigenvalue weighted by Gasteiger charge is -2.10. The molecule has 180 valence electrons. The van der Waals surface area contributed by atoms with Crippen LogP contribution in [0.1, 0.15) is 35.7 Å². The summed E-state index contributed by atoms with van der Waals surface area (Å²) in [6, 6.07) is 20.9. The topological polar surface area (TPSA) is 113 Å². The standard InChI is InChI=1S/C26H24N2O7/c1-2-3-15-32-24(29)19-9-13-21(14-10-19)34-23-6-4-5-22(16-23)33-20-11-7-18(8-12-20)17-28-25(30)27-26(31)35-28/h4-14,16H,2-3,15,17H2,1H3,(H,27,30,31). The third-order valence-electron chi connectivity index (χ3n) is 4.98. The maximum Gasteiger partial charge on any atom is 0.440 e. The molecule has 35 heavy (non-hydrogen) atoms. The SMILES string of the molecule is CCCCOC(=O)c1ccc(Oc2cccc(Oc3ccc(Cn4oc(=O)[nH]c4=O)cc3)c2)cc1. The molecule has 0 amide bonds. The largest absolute Gasteiger partial charge is 0.462 e. The number of esters is 1. The fraction of sp³-hybridized carbons (Fsp3) is 0.192. The Kier molecular flexibility index (Phi) is 7.47. The highest BCUT2D eigenvalue weighted by Crippen LogP contribution is 2.28. The Morgan fingerprint density at radius 1 is 0.886 bits per heavy atom. The number of carbonyl (C=O) groups excluding carboxylic acids is 1. The second-order valence-corrected chi connectivity index (χ2v) is 7.68. The number of hydrogen-bond donors (Lipinski definition) is 1. The molecule has 4 aromatic rings. The molecule has 0 fully saturated rings. The highest BCUT2D eigenvalue weighted by molar-refractivity contribution is 5.89. The van der Waals surface area contributed by atoms with Crippen LogP contribution in [-0.4, -0.2) is 22.3 Å². The smallest absolute Gasteiger partial charge is 0.440 e. The van der Waals surface area contributed by atoms with E-state index in [-0.39, 0.29) is 12.5 Å². The van der Waals surface area contributed by atoms with E-state index in [4.69, 9.17) is 18.7 Å².